The zero-order valence-corrected chi connectivity index (χ0v) is 21.7. The first-order valence-corrected chi connectivity index (χ1v) is 13.4. The highest BCUT2D eigenvalue weighted by molar-refractivity contribution is 7.80. The van der Waals surface area contributed by atoms with Crippen molar-refractivity contribution in [3.8, 4) is 0 Å². The van der Waals surface area contributed by atoms with Crippen molar-refractivity contribution in [2.45, 2.75) is 70.9 Å². The summed E-state index contributed by atoms with van der Waals surface area (Å²) in [5, 5.41) is 10.3. The Bertz CT molecular complexity index is 1020. The van der Waals surface area contributed by atoms with Crippen LogP contribution in [0.2, 0.25) is 0 Å². The van der Waals surface area contributed by atoms with Gasteiger partial charge in [-0.2, -0.15) is 0 Å². The molecule has 35 heavy (non-hydrogen) atoms. The van der Waals surface area contributed by atoms with Gasteiger partial charge in [0.05, 0.1) is 18.2 Å². The van der Waals surface area contributed by atoms with Crippen LogP contribution in [0, 0.1) is 17.8 Å². The molecule has 1 atom stereocenters. The van der Waals surface area contributed by atoms with Crippen molar-refractivity contribution in [1.29, 1.82) is 0 Å². The standard InChI is InChI=1S/C27H36N4O3S/c1-4-31-16(3)22(24(32)34-5-2)23(29-26(31)35)20-6-8-21(9-7-20)28-25(33)30-27-13-17-10-18(14-27)12-19(11-17)15-27/h6-9,17-19,23H,4-5,10-15H2,1-3H3,(H,29,35)(H2,28,30,33). The van der Waals surface area contributed by atoms with Gasteiger partial charge < -0.3 is 25.6 Å². The molecule has 1 unspecified atom stereocenters. The third-order valence-corrected chi connectivity index (χ3v) is 8.66. The Kier molecular flexibility index (Phi) is 6.51. The fourth-order valence-corrected chi connectivity index (χ4v) is 7.70. The highest BCUT2D eigenvalue weighted by Crippen LogP contribution is 2.55. The first-order chi connectivity index (χ1) is 16.8. The molecule has 4 bridgehead atoms. The van der Waals surface area contributed by atoms with Gasteiger partial charge in [-0.3, -0.25) is 0 Å². The van der Waals surface area contributed by atoms with Gasteiger partial charge in [0.25, 0.3) is 0 Å². The number of carbonyl (C=O) groups is 2. The van der Waals surface area contributed by atoms with Gasteiger partial charge >= 0.3 is 12.0 Å². The van der Waals surface area contributed by atoms with Crippen molar-refractivity contribution in [2.75, 3.05) is 18.5 Å². The van der Waals surface area contributed by atoms with E-state index in [4.69, 9.17) is 17.0 Å². The summed E-state index contributed by atoms with van der Waals surface area (Å²) in [5.74, 6) is 2.00. The van der Waals surface area contributed by atoms with E-state index in [1.54, 1.807) is 6.92 Å². The summed E-state index contributed by atoms with van der Waals surface area (Å²) < 4.78 is 5.35. The maximum absolute atomic E-state index is 12.9. The van der Waals surface area contributed by atoms with E-state index in [1.807, 2.05) is 43.0 Å². The fourth-order valence-electron chi connectivity index (χ4n) is 7.31. The average Bonchev–Trinajstić information content (AvgIpc) is 2.78. The monoisotopic (exact) mass is 496 g/mol. The molecule has 1 aromatic carbocycles. The molecule has 188 valence electrons. The second kappa shape index (κ2) is 9.45. The predicted octanol–water partition coefficient (Wildman–Crippen LogP) is 4.87. The highest BCUT2D eigenvalue weighted by atomic mass is 32.1. The molecule has 4 fully saturated rings. The molecule has 1 heterocycles. The van der Waals surface area contributed by atoms with Gasteiger partial charge in [-0.25, -0.2) is 9.59 Å². The van der Waals surface area contributed by atoms with Crippen molar-refractivity contribution in [2.24, 2.45) is 17.8 Å². The Morgan fingerprint density at radius 3 is 2.23 bits per heavy atom. The van der Waals surface area contributed by atoms with Crippen LogP contribution in [0.25, 0.3) is 0 Å². The number of esters is 1. The SMILES string of the molecule is CCOC(=O)C1=C(C)N(CC)C(=S)NC1c1ccc(NC(=O)NC23CC4CC(CC(C4)C2)C3)cc1. The second-order valence-electron chi connectivity index (χ2n) is 10.7. The van der Waals surface area contributed by atoms with Crippen LogP contribution in [-0.2, 0) is 9.53 Å². The maximum Gasteiger partial charge on any atom is 0.338 e. The van der Waals surface area contributed by atoms with Crippen LogP contribution in [0.3, 0.4) is 0 Å². The molecule has 0 radical (unpaired) electrons. The van der Waals surface area contributed by atoms with Crippen molar-refractivity contribution >= 4 is 35.0 Å². The lowest BCUT2D eigenvalue weighted by atomic mass is 9.53. The van der Waals surface area contributed by atoms with E-state index < -0.39 is 6.04 Å². The first kappa shape index (κ1) is 24.1. The van der Waals surface area contributed by atoms with Gasteiger partial charge in [0.2, 0.25) is 0 Å². The number of anilines is 1. The zero-order valence-electron chi connectivity index (χ0n) is 20.9. The summed E-state index contributed by atoms with van der Waals surface area (Å²) in [6, 6.07) is 7.08. The molecule has 1 aromatic rings. The lowest BCUT2D eigenvalue weighted by Gasteiger charge is -2.56. The van der Waals surface area contributed by atoms with E-state index in [9.17, 15) is 9.59 Å². The van der Waals surface area contributed by atoms with Crippen LogP contribution < -0.4 is 16.0 Å². The van der Waals surface area contributed by atoms with Crippen molar-refractivity contribution < 1.29 is 14.3 Å². The number of rotatable bonds is 6. The highest BCUT2D eigenvalue weighted by Gasteiger charge is 2.51. The summed E-state index contributed by atoms with van der Waals surface area (Å²) in [4.78, 5) is 27.7. The molecule has 1 aliphatic heterocycles. The third kappa shape index (κ3) is 4.65. The van der Waals surface area contributed by atoms with E-state index in [-0.39, 0.29) is 17.5 Å². The predicted molar refractivity (Wildman–Crippen MR) is 140 cm³/mol. The van der Waals surface area contributed by atoms with Crippen LogP contribution in [-0.4, -0.2) is 40.7 Å². The number of nitrogens with zero attached hydrogens (tertiary/aromatic N) is 1. The fraction of sp³-hybridized carbons (Fsp3) is 0.593. The van der Waals surface area contributed by atoms with Crippen LogP contribution in [0.4, 0.5) is 10.5 Å². The number of carbonyl (C=O) groups excluding carboxylic acids is 2. The normalized spacial score (nSPS) is 31.3. The number of amides is 2. The van der Waals surface area contributed by atoms with Crippen molar-refractivity contribution in [3.05, 3.63) is 41.1 Å². The number of hydrogen-bond acceptors (Lipinski definition) is 4. The van der Waals surface area contributed by atoms with E-state index in [0.717, 1.165) is 54.0 Å². The minimum absolute atomic E-state index is 0.0253. The van der Waals surface area contributed by atoms with Crippen LogP contribution in [0.5, 0.6) is 0 Å². The largest absolute Gasteiger partial charge is 0.463 e. The lowest BCUT2D eigenvalue weighted by Crippen LogP contribution is -2.60. The molecule has 3 N–H and O–H groups in total. The number of nitrogens with one attached hydrogen (secondary N) is 3. The number of thiocarbonyl (C=S) groups is 1. The van der Waals surface area contributed by atoms with Crippen LogP contribution in [0.15, 0.2) is 35.5 Å². The third-order valence-electron chi connectivity index (χ3n) is 8.33. The minimum Gasteiger partial charge on any atom is -0.463 e. The van der Waals surface area contributed by atoms with Gasteiger partial charge in [0.15, 0.2) is 5.11 Å². The van der Waals surface area contributed by atoms with E-state index in [0.29, 0.717) is 23.8 Å². The molecule has 7 nitrogen and oxygen atoms in total. The van der Waals surface area contributed by atoms with Gasteiger partial charge in [-0.15, -0.1) is 0 Å². The number of hydrogen-bond donors (Lipinski definition) is 3. The summed E-state index contributed by atoms with van der Waals surface area (Å²) in [5.41, 5.74) is 2.95. The van der Waals surface area contributed by atoms with E-state index in [2.05, 4.69) is 16.0 Å². The van der Waals surface area contributed by atoms with Gasteiger partial charge in [-0.1, -0.05) is 12.1 Å². The van der Waals surface area contributed by atoms with Crippen molar-refractivity contribution in [3.63, 3.8) is 0 Å². The molecule has 5 aliphatic rings. The molecular formula is C27H36N4O3S. The number of urea groups is 1. The summed E-state index contributed by atoms with van der Waals surface area (Å²) in [7, 11) is 0. The maximum atomic E-state index is 12.9. The number of ether oxygens (including phenoxy) is 1. The molecule has 4 aliphatic carbocycles. The molecule has 0 spiro atoms. The summed E-state index contributed by atoms with van der Waals surface area (Å²) in [6.45, 7) is 6.67. The Hall–Kier alpha value is -2.61. The smallest absolute Gasteiger partial charge is 0.338 e. The second-order valence-corrected chi connectivity index (χ2v) is 11.1. The molecule has 4 saturated carbocycles. The van der Waals surface area contributed by atoms with E-state index in [1.165, 1.54) is 19.3 Å². The summed E-state index contributed by atoms with van der Waals surface area (Å²) >= 11 is 5.55. The molecule has 6 rings (SSSR count). The average molecular weight is 497 g/mol. The van der Waals surface area contributed by atoms with E-state index >= 15 is 0 Å². The zero-order chi connectivity index (χ0) is 24.7. The van der Waals surface area contributed by atoms with Crippen LogP contribution >= 0.6 is 12.2 Å². The molecule has 0 aromatic heterocycles. The van der Waals surface area contributed by atoms with Gasteiger partial charge in [0.1, 0.15) is 0 Å². The first-order valence-electron chi connectivity index (χ1n) is 13.0. The molecule has 0 saturated heterocycles. The molecule has 8 heteroatoms. The Labute approximate surface area is 213 Å². The molecule has 2 amide bonds. The Morgan fingerprint density at radius 1 is 1.09 bits per heavy atom. The Balaban J connectivity index is 1.29. The number of allylic oxidation sites excluding steroid dienone is 1. The van der Waals surface area contributed by atoms with Gasteiger partial charge in [-0.05, 0) is 107 Å². The lowest BCUT2D eigenvalue weighted by molar-refractivity contribution is -0.139. The number of benzene rings is 1. The Morgan fingerprint density at radius 2 is 1.69 bits per heavy atom. The van der Waals surface area contributed by atoms with Crippen LogP contribution in [0.1, 0.15) is 70.9 Å². The van der Waals surface area contributed by atoms with Crippen molar-refractivity contribution in [1.82, 2.24) is 15.5 Å². The quantitative estimate of drug-likeness (QED) is 0.385. The summed E-state index contributed by atoms with van der Waals surface area (Å²) in [6.07, 6.45) is 7.41. The molecular weight excluding hydrogens is 460 g/mol. The van der Waals surface area contributed by atoms with Gasteiger partial charge in [0, 0.05) is 23.5 Å². The topological polar surface area (TPSA) is 82.7 Å². The minimum atomic E-state index is -0.403.